The van der Waals surface area contributed by atoms with E-state index in [1.807, 2.05) is 13.8 Å². The average molecular weight is 377 g/mol. The Morgan fingerprint density at radius 3 is 2.20 bits per heavy atom. The molecule has 0 fully saturated rings. The van der Waals surface area contributed by atoms with Crippen LogP contribution in [-0.4, -0.2) is 14.2 Å². The maximum atomic E-state index is 13.0. The Balaban J connectivity index is 2.48. The smallest absolute Gasteiger partial charge is 0.210 e. The summed E-state index contributed by atoms with van der Waals surface area (Å²) in [5.74, 6) is -0.506. The van der Waals surface area contributed by atoms with Gasteiger partial charge in [0, 0.05) is 10.6 Å². The van der Waals surface area contributed by atoms with Crippen LogP contribution in [0.2, 0.25) is 5.02 Å². The van der Waals surface area contributed by atoms with Crippen molar-refractivity contribution in [2.75, 3.05) is 0 Å². The Bertz CT molecular complexity index is 864. The molecule has 0 bridgehead atoms. The number of unbranched alkanes of at least 4 members (excludes halogenated alkanes) is 2. The molecule has 3 nitrogen and oxygen atoms in total. The average Bonchev–Trinajstić information content (AvgIpc) is 2.59. The molecule has 0 saturated carbocycles. The molecule has 5 heteroatoms. The summed E-state index contributed by atoms with van der Waals surface area (Å²) in [5.41, 5.74) is 1.27. The van der Waals surface area contributed by atoms with Gasteiger partial charge < -0.3 is 0 Å². The van der Waals surface area contributed by atoms with Gasteiger partial charge in [0.2, 0.25) is 15.6 Å². The molecule has 0 spiro atoms. The third kappa shape index (κ3) is 4.80. The van der Waals surface area contributed by atoms with Crippen molar-refractivity contribution in [3.8, 4) is 0 Å². The summed E-state index contributed by atoms with van der Waals surface area (Å²) in [6, 6.07) is 12.8. The predicted molar refractivity (Wildman–Crippen MR) is 102 cm³/mol. The van der Waals surface area contributed by atoms with E-state index in [0.717, 1.165) is 18.4 Å². The Hall–Kier alpha value is -1.91. The van der Waals surface area contributed by atoms with Gasteiger partial charge in [-0.15, -0.1) is 0 Å². The summed E-state index contributed by atoms with van der Waals surface area (Å²) in [4.78, 5) is 12.8. The van der Waals surface area contributed by atoms with Gasteiger partial charge in [0.15, 0.2) is 0 Å². The zero-order chi connectivity index (χ0) is 18.4. The van der Waals surface area contributed by atoms with E-state index in [9.17, 15) is 13.2 Å². The molecule has 0 radical (unpaired) electrons. The van der Waals surface area contributed by atoms with E-state index in [-0.39, 0.29) is 9.80 Å². The zero-order valence-corrected chi connectivity index (χ0v) is 15.9. The summed E-state index contributed by atoms with van der Waals surface area (Å²) in [6.45, 7) is 3.90. The quantitative estimate of drug-likeness (QED) is 0.370. The SMILES string of the molecule is CCCC/C=C(/C(=O)c1ccc(Cl)cc1)S(=O)(=O)c1ccc(C)cc1. The first-order valence-corrected chi connectivity index (χ1v) is 10.0. The van der Waals surface area contributed by atoms with Crippen LogP contribution in [0.25, 0.3) is 0 Å². The molecule has 2 aromatic rings. The molecule has 0 aliphatic heterocycles. The zero-order valence-electron chi connectivity index (χ0n) is 14.3. The third-order valence-electron chi connectivity index (χ3n) is 3.84. The fraction of sp³-hybridized carbons (Fsp3) is 0.250. The van der Waals surface area contributed by atoms with Crippen molar-refractivity contribution in [3.63, 3.8) is 0 Å². The topological polar surface area (TPSA) is 51.2 Å². The van der Waals surface area contributed by atoms with Gasteiger partial charge in [-0.05, 0) is 49.7 Å². The van der Waals surface area contributed by atoms with Gasteiger partial charge >= 0.3 is 0 Å². The van der Waals surface area contributed by atoms with Gasteiger partial charge in [0.05, 0.1) is 4.90 Å². The number of benzene rings is 2. The molecule has 25 heavy (non-hydrogen) atoms. The highest BCUT2D eigenvalue weighted by Crippen LogP contribution is 2.25. The highest BCUT2D eigenvalue weighted by atomic mass is 35.5. The van der Waals surface area contributed by atoms with E-state index < -0.39 is 15.6 Å². The first-order chi connectivity index (χ1) is 11.9. The van der Waals surface area contributed by atoms with Crippen molar-refractivity contribution in [2.24, 2.45) is 0 Å². The van der Waals surface area contributed by atoms with Crippen molar-refractivity contribution in [2.45, 2.75) is 38.0 Å². The predicted octanol–water partition coefficient (Wildman–Crippen LogP) is 5.38. The number of carbonyl (C=O) groups excluding carboxylic acids is 1. The molecular formula is C20H21ClO3S. The first kappa shape index (κ1) is 19.4. The lowest BCUT2D eigenvalue weighted by atomic mass is 10.1. The molecular weight excluding hydrogens is 356 g/mol. The molecule has 0 unspecified atom stereocenters. The largest absolute Gasteiger partial charge is 0.288 e. The van der Waals surface area contributed by atoms with Gasteiger partial charge in [0.1, 0.15) is 4.91 Å². The lowest BCUT2D eigenvalue weighted by Gasteiger charge is -2.10. The second-order valence-corrected chi connectivity index (χ2v) is 8.22. The number of sulfone groups is 1. The van der Waals surface area contributed by atoms with E-state index in [4.69, 9.17) is 11.6 Å². The monoisotopic (exact) mass is 376 g/mol. The molecule has 0 saturated heterocycles. The molecule has 0 atom stereocenters. The molecule has 132 valence electrons. The Kier molecular flexibility index (Phi) is 6.57. The van der Waals surface area contributed by atoms with Gasteiger partial charge in [-0.2, -0.15) is 0 Å². The van der Waals surface area contributed by atoms with E-state index in [1.54, 1.807) is 36.4 Å². The van der Waals surface area contributed by atoms with Crippen molar-refractivity contribution >= 4 is 27.2 Å². The standard InChI is InChI=1S/C20H21ClO3S/c1-3-4-5-6-19(20(22)16-9-11-17(21)12-10-16)25(23,24)18-13-7-15(2)8-14-18/h6-14H,3-5H2,1-2H3/b19-6-. The fourth-order valence-corrected chi connectivity index (χ4v) is 3.92. The summed E-state index contributed by atoms with van der Waals surface area (Å²) in [6.07, 6.45) is 3.82. The van der Waals surface area contributed by atoms with Crippen LogP contribution in [-0.2, 0) is 9.84 Å². The molecule has 0 heterocycles. The minimum atomic E-state index is -3.88. The number of carbonyl (C=O) groups is 1. The van der Waals surface area contributed by atoms with Gasteiger partial charge in [-0.3, -0.25) is 4.79 Å². The lowest BCUT2D eigenvalue weighted by molar-refractivity contribution is 0.104. The van der Waals surface area contributed by atoms with Crippen molar-refractivity contribution in [3.05, 3.63) is 75.7 Å². The van der Waals surface area contributed by atoms with Crippen LogP contribution in [0.1, 0.15) is 42.1 Å². The van der Waals surface area contributed by atoms with E-state index >= 15 is 0 Å². The van der Waals surface area contributed by atoms with Crippen LogP contribution >= 0.6 is 11.6 Å². The highest BCUT2D eigenvalue weighted by molar-refractivity contribution is 7.96. The Morgan fingerprint density at radius 2 is 1.64 bits per heavy atom. The van der Waals surface area contributed by atoms with Crippen LogP contribution in [0.5, 0.6) is 0 Å². The maximum absolute atomic E-state index is 13.0. The van der Waals surface area contributed by atoms with Crippen LogP contribution < -0.4 is 0 Å². The van der Waals surface area contributed by atoms with Crippen LogP contribution in [0.15, 0.2) is 64.4 Å². The Morgan fingerprint density at radius 1 is 1.04 bits per heavy atom. The minimum absolute atomic E-state index is 0.128. The number of hydrogen-bond donors (Lipinski definition) is 0. The van der Waals surface area contributed by atoms with Crippen molar-refractivity contribution < 1.29 is 13.2 Å². The number of Topliss-reactive ketones (excluding diaryl/α,β-unsaturated/α-hetero) is 1. The van der Waals surface area contributed by atoms with E-state index in [1.165, 1.54) is 18.2 Å². The molecule has 0 aliphatic carbocycles. The van der Waals surface area contributed by atoms with E-state index in [0.29, 0.717) is 17.0 Å². The molecule has 0 aromatic heterocycles. The number of hydrogen-bond acceptors (Lipinski definition) is 3. The first-order valence-electron chi connectivity index (χ1n) is 8.18. The number of halogens is 1. The second kappa shape index (κ2) is 8.45. The molecule has 2 rings (SSSR count). The molecule has 0 aliphatic rings. The maximum Gasteiger partial charge on any atom is 0.210 e. The van der Waals surface area contributed by atoms with Crippen LogP contribution in [0.4, 0.5) is 0 Å². The number of allylic oxidation sites excluding steroid dienone is 2. The fourth-order valence-electron chi connectivity index (χ4n) is 2.35. The molecule has 0 amide bonds. The number of ketones is 1. The molecule has 2 aromatic carbocycles. The Labute approximate surface area is 154 Å². The lowest BCUT2D eigenvalue weighted by Crippen LogP contribution is -2.14. The number of aryl methyl sites for hydroxylation is 1. The van der Waals surface area contributed by atoms with Gasteiger partial charge in [0.25, 0.3) is 0 Å². The second-order valence-electron chi connectivity index (χ2n) is 5.86. The van der Waals surface area contributed by atoms with Crippen molar-refractivity contribution in [1.82, 2.24) is 0 Å². The van der Waals surface area contributed by atoms with Crippen molar-refractivity contribution in [1.29, 1.82) is 0 Å². The van der Waals surface area contributed by atoms with E-state index in [2.05, 4.69) is 0 Å². The van der Waals surface area contributed by atoms with Crippen LogP contribution in [0.3, 0.4) is 0 Å². The minimum Gasteiger partial charge on any atom is -0.288 e. The van der Waals surface area contributed by atoms with Gasteiger partial charge in [-0.25, -0.2) is 8.42 Å². The van der Waals surface area contributed by atoms with Crippen LogP contribution in [0, 0.1) is 6.92 Å². The molecule has 0 N–H and O–H groups in total. The number of rotatable bonds is 7. The summed E-state index contributed by atoms with van der Waals surface area (Å²) in [5, 5.41) is 0.495. The van der Waals surface area contributed by atoms with Gasteiger partial charge in [-0.1, -0.05) is 55.1 Å². The third-order valence-corrected chi connectivity index (χ3v) is 5.91. The summed E-state index contributed by atoms with van der Waals surface area (Å²) in [7, 11) is -3.88. The summed E-state index contributed by atoms with van der Waals surface area (Å²) < 4.78 is 26.0. The normalized spacial score (nSPS) is 12.2. The highest BCUT2D eigenvalue weighted by Gasteiger charge is 2.27. The summed E-state index contributed by atoms with van der Waals surface area (Å²) >= 11 is 5.85.